The molecular weight excluding hydrogens is 458 g/mol. The molecule has 3 N–H and O–H groups in total. The highest BCUT2D eigenvalue weighted by molar-refractivity contribution is 7.89. The van der Waals surface area contributed by atoms with Crippen molar-refractivity contribution in [2.45, 2.75) is 44.6 Å². The summed E-state index contributed by atoms with van der Waals surface area (Å²) in [6.07, 6.45) is 0.595. The van der Waals surface area contributed by atoms with Gasteiger partial charge in [-0.1, -0.05) is 19.9 Å². The molecule has 0 aliphatic carbocycles. The number of rotatable bonds is 12. The van der Waals surface area contributed by atoms with E-state index in [0.29, 0.717) is 30.2 Å². The second-order valence-corrected chi connectivity index (χ2v) is 9.88. The first-order chi connectivity index (χ1) is 16.1. The van der Waals surface area contributed by atoms with Gasteiger partial charge in [-0.2, -0.15) is 0 Å². The fraction of sp³-hybridized carbons (Fsp3) is 0.417. The summed E-state index contributed by atoms with van der Waals surface area (Å²) in [5, 5.41) is 5.44. The monoisotopic (exact) mass is 491 g/mol. The standard InChI is InChI=1S/C24H33N3O6S/c1-16(2)21(27-34(30,31)20-9-7-19(8-10-20)26-17(3)28)15-24(29)25-13-12-18-6-11-22(32-4)23(14-18)33-5/h6-11,14,16,21,27H,12-13,15H2,1-5H3,(H,25,29)(H,26,28)/t21-/m0/s1. The highest BCUT2D eigenvalue weighted by Gasteiger charge is 2.24. The van der Waals surface area contributed by atoms with Gasteiger partial charge in [0.1, 0.15) is 0 Å². The van der Waals surface area contributed by atoms with Crippen molar-refractivity contribution in [1.82, 2.24) is 10.0 Å². The quantitative estimate of drug-likeness (QED) is 0.420. The Hall–Kier alpha value is -3.11. The minimum Gasteiger partial charge on any atom is -0.493 e. The van der Waals surface area contributed by atoms with Gasteiger partial charge in [0.15, 0.2) is 11.5 Å². The Labute approximate surface area is 201 Å². The van der Waals surface area contributed by atoms with E-state index < -0.39 is 16.1 Å². The molecule has 0 fully saturated rings. The molecule has 2 aromatic carbocycles. The summed E-state index contributed by atoms with van der Waals surface area (Å²) in [5.41, 5.74) is 1.47. The highest BCUT2D eigenvalue weighted by atomic mass is 32.2. The average molecular weight is 492 g/mol. The second kappa shape index (κ2) is 12.4. The van der Waals surface area contributed by atoms with E-state index in [2.05, 4.69) is 15.4 Å². The molecule has 0 saturated carbocycles. The molecule has 0 aliphatic rings. The summed E-state index contributed by atoms with van der Waals surface area (Å²) in [4.78, 5) is 23.7. The van der Waals surface area contributed by atoms with Crippen LogP contribution in [0.15, 0.2) is 47.4 Å². The van der Waals surface area contributed by atoms with Crippen molar-refractivity contribution >= 4 is 27.5 Å². The number of benzene rings is 2. The van der Waals surface area contributed by atoms with Gasteiger partial charge >= 0.3 is 0 Å². The number of hydrogen-bond donors (Lipinski definition) is 3. The van der Waals surface area contributed by atoms with Crippen LogP contribution in [0, 0.1) is 5.92 Å². The Kier molecular flexibility index (Phi) is 9.88. The Morgan fingerprint density at radius 1 is 0.971 bits per heavy atom. The zero-order valence-corrected chi connectivity index (χ0v) is 21.0. The molecule has 0 saturated heterocycles. The number of carbonyl (C=O) groups excluding carboxylic acids is 2. The third-order valence-corrected chi connectivity index (χ3v) is 6.69. The van der Waals surface area contributed by atoms with Crippen LogP contribution in [0.25, 0.3) is 0 Å². The fourth-order valence-corrected chi connectivity index (χ4v) is 4.64. The molecule has 9 nitrogen and oxygen atoms in total. The lowest BCUT2D eigenvalue weighted by molar-refractivity contribution is -0.121. The molecule has 2 rings (SSSR count). The van der Waals surface area contributed by atoms with Gasteiger partial charge in [0.05, 0.1) is 19.1 Å². The van der Waals surface area contributed by atoms with Gasteiger partial charge in [0.25, 0.3) is 0 Å². The smallest absolute Gasteiger partial charge is 0.240 e. The first-order valence-corrected chi connectivity index (χ1v) is 12.4. The molecule has 34 heavy (non-hydrogen) atoms. The minimum absolute atomic E-state index is 0.00675. The summed E-state index contributed by atoms with van der Waals surface area (Å²) < 4.78 is 38.8. The molecule has 1 atom stereocenters. The van der Waals surface area contributed by atoms with Gasteiger partial charge in [-0.3, -0.25) is 9.59 Å². The summed E-state index contributed by atoms with van der Waals surface area (Å²) in [7, 11) is -0.711. The lowest BCUT2D eigenvalue weighted by Crippen LogP contribution is -2.42. The number of methoxy groups -OCH3 is 2. The summed E-state index contributed by atoms with van der Waals surface area (Å²) in [6, 6.07) is 10.8. The molecule has 0 aliphatic heterocycles. The van der Waals surface area contributed by atoms with Gasteiger partial charge in [0, 0.05) is 31.6 Å². The predicted molar refractivity (Wildman–Crippen MR) is 131 cm³/mol. The molecule has 2 aromatic rings. The number of amides is 2. The van der Waals surface area contributed by atoms with Crippen LogP contribution in [0.3, 0.4) is 0 Å². The zero-order valence-electron chi connectivity index (χ0n) is 20.2. The van der Waals surface area contributed by atoms with Crippen molar-refractivity contribution in [3.8, 4) is 11.5 Å². The number of hydrogen-bond acceptors (Lipinski definition) is 6. The lowest BCUT2D eigenvalue weighted by atomic mass is 10.0. The van der Waals surface area contributed by atoms with Crippen molar-refractivity contribution in [2.75, 3.05) is 26.1 Å². The Bertz CT molecular complexity index is 1080. The number of ether oxygens (including phenoxy) is 2. The first-order valence-electron chi connectivity index (χ1n) is 10.9. The molecule has 186 valence electrons. The Morgan fingerprint density at radius 2 is 1.62 bits per heavy atom. The van der Waals surface area contributed by atoms with E-state index in [4.69, 9.17) is 9.47 Å². The van der Waals surface area contributed by atoms with Gasteiger partial charge in [-0.25, -0.2) is 13.1 Å². The molecule has 0 spiro atoms. The van der Waals surface area contributed by atoms with Crippen LogP contribution in [0.5, 0.6) is 11.5 Å². The van der Waals surface area contributed by atoms with Crippen molar-refractivity contribution < 1.29 is 27.5 Å². The average Bonchev–Trinajstić information content (AvgIpc) is 2.78. The molecule has 0 heterocycles. The molecular formula is C24H33N3O6S. The van der Waals surface area contributed by atoms with Crippen LogP contribution in [-0.2, 0) is 26.0 Å². The van der Waals surface area contributed by atoms with E-state index in [1.165, 1.54) is 31.2 Å². The number of carbonyl (C=O) groups is 2. The maximum absolute atomic E-state index is 12.8. The number of nitrogens with one attached hydrogen (secondary N) is 3. The fourth-order valence-electron chi connectivity index (χ4n) is 3.26. The van der Waals surface area contributed by atoms with Crippen molar-refractivity contribution in [2.24, 2.45) is 5.92 Å². The van der Waals surface area contributed by atoms with Crippen LogP contribution in [0.4, 0.5) is 5.69 Å². The molecule has 0 radical (unpaired) electrons. The summed E-state index contributed by atoms with van der Waals surface area (Å²) in [5.74, 6) is 0.650. The van der Waals surface area contributed by atoms with E-state index in [1.807, 2.05) is 32.0 Å². The van der Waals surface area contributed by atoms with E-state index in [0.717, 1.165) is 5.56 Å². The van der Waals surface area contributed by atoms with E-state index in [1.54, 1.807) is 14.2 Å². The SMILES string of the molecule is COc1ccc(CCNC(=O)C[C@H](NS(=O)(=O)c2ccc(NC(C)=O)cc2)C(C)C)cc1OC. The van der Waals surface area contributed by atoms with Gasteiger partial charge in [0.2, 0.25) is 21.8 Å². The maximum Gasteiger partial charge on any atom is 0.240 e. The molecule has 0 bridgehead atoms. The van der Waals surface area contributed by atoms with Crippen molar-refractivity contribution in [1.29, 1.82) is 0 Å². The third kappa shape index (κ3) is 8.03. The summed E-state index contributed by atoms with van der Waals surface area (Å²) >= 11 is 0. The van der Waals surface area contributed by atoms with Crippen molar-refractivity contribution in [3.05, 3.63) is 48.0 Å². The van der Waals surface area contributed by atoms with Gasteiger partial charge in [-0.15, -0.1) is 0 Å². The van der Waals surface area contributed by atoms with Gasteiger partial charge < -0.3 is 20.1 Å². The third-order valence-electron chi connectivity index (χ3n) is 5.19. The van der Waals surface area contributed by atoms with Crippen LogP contribution in [0.2, 0.25) is 0 Å². The molecule has 2 amide bonds. The molecule has 0 unspecified atom stereocenters. The topological polar surface area (TPSA) is 123 Å². The van der Waals surface area contributed by atoms with Crippen LogP contribution in [-0.4, -0.2) is 47.0 Å². The summed E-state index contributed by atoms with van der Waals surface area (Å²) in [6.45, 7) is 5.47. The van der Waals surface area contributed by atoms with E-state index in [9.17, 15) is 18.0 Å². The van der Waals surface area contributed by atoms with Crippen molar-refractivity contribution in [3.63, 3.8) is 0 Å². The number of anilines is 1. The predicted octanol–water partition coefficient (Wildman–Crippen LogP) is 2.71. The lowest BCUT2D eigenvalue weighted by Gasteiger charge is -2.22. The molecule has 10 heteroatoms. The molecule has 0 aromatic heterocycles. The van der Waals surface area contributed by atoms with Gasteiger partial charge in [-0.05, 0) is 54.3 Å². The Morgan fingerprint density at radius 3 is 2.18 bits per heavy atom. The second-order valence-electron chi connectivity index (χ2n) is 8.17. The minimum atomic E-state index is -3.84. The van der Waals surface area contributed by atoms with Crippen LogP contribution < -0.4 is 24.8 Å². The largest absolute Gasteiger partial charge is 0.493 e. The zero-order chi connectivity index (χ0) is 25.3. The van der Waals surface area contributed by atoms with E-state index in [-0.39, 0.29) is 29.0 Å². The maximum atomic E-state index is 12.8. The highest BCUT2D eigenvalue weighted by Crippen LogP contribution is 2.27. The first kappa shape index (κ1) is 27.1. The number of sulfonamides is 1. The normalized spacial score (nSPS) is 12.2. The van der Waals surface area contributed by atoms with E-state index >= 15 is 0 Å². The van der Waals surface area contributed by atoms with Crippen LogP contribution >= 0.6 is 0 Å². The van der Waals surface area contributed by atoms with Crippen LogP contribution in [0.1, 0.15) is 32.8 Å². The Balaban J connectivity index is 1.95.